The summed E-state index contributed by atoms with van der Waals surface area (Å²) in [7, 11) is 1.64. The van der Waals surface area contributed by atoms with Crippen LogP contribution in [0, 0.1) is 0 Å². The van der Waals surface area contributed by atoms with Crippen LogP contribution in [-0.2, 0) is 0 Å². The minimum atomic E-state index is -0.178. The summed E-state index contributed by atoms with van der Waals surface area (Å²) >= 11 is 6.66. The van der Waals surface area contributed by atoms with E-state index >= 15 is 0 Å². The van der Waals surface area contributed by atoms with Gasteiger partial charge in [-0.25, -0.2) is 0 Å². The number of carbonyl (C=O) groups excluding carboxylic acids is 1. The summed E-state index contributed by atoms with van der Waals surface area (Å²) in [5, 5.41) is 7.64. The molecule has 0 spiro atoms. The van der Waals surface area contributed by atoms with Crippen LogP contribution >= 0.6 is 11.6 Å². The van der Waals surface area contributed by atoms with Crippen LogP contribution in [0.2, 0.25) is 5.02 Å². The molecule has 6 heteroatoms. The number of hydrogen-bond acceptors (Lipinski definition) is 3. The van der Waals surface area contributed by atoms with Crippen molar-refractivity contribution in [3.8, 4) is 16.9 Å². The van der Waals surface area contributed by atoms with E-state index in [1.165, 1.54) is 0 Å². The van der Waals surface area contributed by atoms with Crippen LogP contribution in [0.5, 0.6) is 5.75 Å². The van der Waals surface area contributed by atoms with Gasteiger partial charge in [-0.05, 0) is 80.3 Å². The second-order valence-electron chi connectivity index (χ2n) is 8.90. The summed E-state index contributed by atoms with van der Waals surface area (Å²) < 4.78 is 7.40. The van der Waals surface area contributed by atoms with Crippen molar-refractivity contribution < 1.29 is 9.53 Å². The molecule has 0 bridgehead atoms. The minimum absolute atomic E-state index is 0.178. The molecule has 2 heterocycles. The lowest BCUT2D eigenvalue weighted by atomic mass is 9.98. The highest BCUT2D eigenvalue weighted by Gasteiger charge is 2.21. The lowest BCUT2D eigenvalue weighted by Crippen LogP contribution is -2.30. The molecule has 176 valence electrons. The molecule has 1 aromatic heterocycles. The van der Waals surface area contributed by atoms with Gasteiger partial charge >= 0.3 is 0 Å². The molecule has 0 radical (unpaired) electrons. The molecule has 1 aliphatic heterocycles. The molecule has 4 rings (SSSR count). The lowest BCUT2D eigenvalue weighted by molar-refractivity contribution is 0.0959. The summed E-state index contributed by atoms with van der Waals surface area (Å²) in [5.74, 6) is 0.605. The predicted octanol–water partition coefficient (Wildman–Crippen LogP) is 6.62. The van der Waals surface area contributed by atoms with E-state index in [4.69, 9.17) is 16.3 Å². The van der Waals surface area contributed by atoms with E-state index in [1.807, 2.05) is 50.4 Å². The van der Waals surface area contributed by atoms with Gasteiger partial charge in [-0.3, -0.25) is 4.79 Å². The monoisotopic (exact) mass is 475 g/mol. The van der Waals surface area contributed by atoms with Crippen molar-refractivity contribution in [2.45, 2.75) is 33.7 Å². The third-order valence-electron chi connectivity index (χ3n) is 6.16. The standard InChI is InChI=1S/C28H30ClN3O2/c1-16(2)32-15-25(29)27-23(28(33)30-14-24-17(3)11-18(4)31-19(24)5)12-21(13-26(27)32)20-7-9-22(34-6)10-8-20/h7-13,15-16,31H,5,14H2,1-4,6H3,(H,30,33). The van der Waals surface area contributed by atoms with Crippen molar-refractivity contribution in [1.82, 2.24) is 15.2 Å². The Labute approximate surface area is 205 Å². The van der Waals surface area contributed by atoms with Crippen molar-refractivity contribution in [3.05, 3.63) is 88.4 Å². The van der Waals surface area contributed by atoms with Gasteiger partial charge in [0, 0.05) is 35.6 Å². The number of methoxy groups -OCH3 is 1. The predicted molar refractivity (Wildman–Crippen MR) is 140 cm³/mol. The van der Waals surface area contributed by atoms with Crippen LogP contribution in [0.1, 0.15) is 44.1 Å². The number of nitrogens with zero attached hydrogens (tertiary/aromatic N) is 1. The molecular formula is C28H30ClN3O2. The Bertz CT molecular complexity index is 1340. The number of amides is 1. The smallest absolute Gasteiger partial charge is 0.252 e. The molecule has 0 atom stereocenters. The highest BCUT2D eigenvalue weighted by molar-refractivity contribution is 6.37. The number of fused-ring (bicyclic) bond motifs is 1. The maximum atomic E-state index is 13.5. The third-order valence-corrected chi connectivity index (χ3v) is 6.44. The number of ether oxygens (including phenoxy) is 1. The van der Waals surface area contributed by atoms with Gasteiger partial charge in [-0.2, -0.15) is 0 Å². The average molecular weight is 476 g/mol. The van der Waals surface area contributed by atoms with Gasteiger partial charge in [0.2, 0.25) is 0 Å². The molecule has 34 heavy (non-hydrogen) atoms. The SMILES string of the molecule is C=C1NC(C)=CC(C)=C1CNC(=O)c1cc(-c2ccc(OC)cc2)cc2c1c(Cl)cn2C(C)C. The van der Waals surface area contributed by atoms with E-state index in [2.05, 4.69) is 47.8 Å². The molecule has 1 aliphatic rings. The third kappa shape index (κ3) is 4.48. The Kier molecular flexibility index (Phi) is 6.58. The molecule has 0 fully saturated rings. The fraction of sp³-hybridized carbons (Fsp3) is 0.250. The second-order valence-corrected chi connectivity index (χ2v) is 9.31. The quantitative estimate of drug-likeness (QED) is 0.421. The van der Waals surface area contributed by atoms with E-state index in [-0.39, 0.29) is 11.9 Å². The van der Waals surface area contributed by atoms with E-state index in [0.717, 1.165) is 50.3 Å². The van der Waals surface area contributed by atoms with Gasteiger partial charge in [0.1, 0.15) is 5.75 Å². The fourth-order valence-corrected chi connectivity index (χ4v) is 4.71. The van der Waals surface area contributed by atoms with Crippen LogP contribution in [-0.4, -0.2) is 24.1 Å². The number of allylic oxidation sites excluding steroid dienone is 3. The number of dihydropyridines is 1. The molecule has 3 aromatic rings. The van der Waals surface area contributed by atoms with Gasteiger partial charge in [0.05, 0.1) is 23.2 Å². The van der Waals surface area contributed by atoms with Crippen molar-refractivity contribution in [2.24, 2.45) is 0 Å². The van der Waals surface area contributed by atoms with Gasteiger partial charge in [0.25, 0.3) is 5.91 Å². The summed E-state index contributed by atoms with van der Waals surface area (Å²) in [6.45, 7) is 12.7. The van der Waals surface area contributed by atoms with Gasteiger partial charge in [0.15, 0.2) is 0 Å². The van der Waals surface area contributed by atoms with Crippen LogP contribution in [0.15, 0.2) is 77.8 Å². The molecular weight excluding hydrogens is 446 g/mol. The van der Waals surface area contributed by atoms with Crippen molar-refractivity contribution in [1.29, 1.82) is 0 Å². The van der Waals surface area contributed by atoms with E-state index < -0.39 is 0 Å². The number of carbonyl (C=O) groups is 1. The summed E-state index contributed by atoms with van der Waals surface area (Å²) in [6, 6.07) is 12.0. The van der Waals surface area contributed by atoms with Crippen LogP contribution < -0.4 is 15.4 Å². The number of benzene rings is 2. The molecule has 5 nitrogen and oxygen atoms in total. The topological polar surface area (TPSA) is 55.3 Å². The number of halogens is 1. The van der Waals surface area contributed by atoms with Crippen LogP contribution in [0.3, 0.4) is 0 Å². The first-order valence-corrected chi connectivity index (χ1v) is 11.7. The fourth-order valence-electron chi connectivity index (χ4n) is 4.40. The summed E-state index contributed by atoms with van der Waals surface area (Å²) in [4.78, 5) is 13.5. The molecule has 0 unspecified atom stereocenters. The zero-order chi connectivity index (χ0) is 24.6. The Morgan fingerprint density at radius 3 is 2.50 bits per heavy atom. The number of nitrogens with one attached hydrogen (secondary N) is 2. The lowest BCUT2D eigenvalue weighted by Gasteiger charge is -2.21. The van der Waals surface area contributed by atoms with Gasteiger partial charge in [-0.15, -0.1) is 0 Å². The first-order valence-electron chi connectivity index (χ1n) is 11.3. The highest BCUT2D eigenvalue weighted by Crippen LogP contribution is 2.36. The Morgan fingerprint density at radius 2 is 1.88 bits per heavy atom. The van der Waals surface area contributed by atoms with Crippen LogP contribution in [0.25, 0.3) is 22.0 Å². The Balaban J connectivity index is 1.78. The van der Waals surface area contributed by atoms with Gasteiger partial charge in [-0.1, -0.05) is 30.3 Å². The second kappa shape index (κ2) is 9.43. The normalized spacial score (nSPS) is 13.9. The molecule has 0 saturated heterocycles. The minimum Gasteiger partial charge on any atom is -0.497 e. The first kappa shape index (κ1) is 23.7. The zero-order valence-corrected chi connectivity index (χ0v) is 21.0. The Morgan fingerprint density at radius 1 is 1.18 bits per heavy atom. The maximum Gasteiger partial charge on any atom is 0.252 e. The van der Waals surface area contributed by atoms with E-state index in [9.17, 15) is 4.79 Å². The van der Waals surface area contributed by atoms with Crippen LogP contribution in [0.4, 0.5) is 0 Å². The number of rotatable bonds is 6. The average Bonchev–Trinajstić information content (AvgIpc) is 3.14. The number of aromatic nitrogens is 1. The van der Waals surface area contributed by atoms with Crippen molar-refractivity contribution in [3.63, 3.8) is 0 Å². The molecule has 1 amide bonds. The van der Waals surface area contributed by atoms with Gasteiger partial charge < -0.3 is 19.9 Å². The van der Waals surface area contributed by atoms with E-state index in [0.29, 0.717) is 17.1 Å². The Hall–Kier alpha value is -3.44. The zero-order valence-electron chi connectivity index (χ0n) is 20.3. The largest absolute Gasteiger partial charge is 0.497 e. The summed E-state index contributed by atoms with van der Waals surface area (Å²) in [6.07, 6.45) is 3.96. The van der Waals surface area contributed by atoms with Crippen molar-refractivity contribution >= 4 is 28.4 Å². The molecule has 0 saturated carbocycles. The molecule has 0 aliphatic carbocycles. The van der Waals surface area contributed by atoms with Crippen molar-refractivity contribution in [2.75, 3.05) is 13.7 Å². The molecule has 2 aromatic carbocycles. The highest BCUT2D eigenvalue weighted by atomic mass is 35.5. The first-order chi connectivity index (χ1) is 16.2. The number of hydrogen-bond donors (Lipinski definition) is 2. The maximum absolute atomic E-state index is 13.5. The molecule has 2 N–H and O–H groups in total. The van der Waals surface area contributed by atoms with E-state index in [1.54, 1.807) is 7.11 Å². The summed E-state index contributed by atoms with van der Waals surface area (Å²) in [5.41, 5.74) is 7.31.